The highest BCUT2D eigenvalue weighted by molar-refractivity contribution is 5.94. The van der Waals surface area contributed by atoms with E-state index in [9.17, 15) is 4.79 Å². The van der Waals surface area contributed by atoms with Gasteiger partial charge in [-0.05, 0) is 32.4 Å². The smallest absolute Gasteiger partial charge is 0.341 e. The maximum Gasteiger partial charge on any atom is 0.341 e. The number of esters is 1. The molecule has 1 aromatic heterocycles. The van der Waals surface area contributed by atoms with Crippen LogP contribution in [-0.2, 0) is 9.47 Å². The Hall–Kier alpha value is -1.62. The molecule has 2 unspecified atom stereocenters. The van der Waals surface area contributed by atoms with Crippen molar-refractivity contribution >= 4 is 11.8 Å². The van der Waals surface area contributed by atoms with Gasteiger partial charge >= 0.3 is 5.97 Å². The minimum atomic E-state index is -0.317. The van der Waals surface area contributed by atoms with Gasteiger partial charge in [-0.3, -0.25) is 0 Å². The highest BCUT2D eigenvalue weighted by Crippen LogP contribution is 2.23. The van der Waals surface area contributed by atoms with E-state index in [1.807, 2.05) is 6.92 Å². The summed E-state index contributed by atoms with van der Waals surface area (Å²) < 4.78 is 11.0. The molecular formula is C15H22N2O3. The van der Waals surface area contributed by atoms with Gasteiger partial charge in [0, 0.05) is 19.3 Å². The summed E-state index contributed by atoms with van der Waals surface area (Å²) in [6.45, 7) is 7.81. The molecule has 0 aromatic carbocycles. The van der Waals surface area contributed by atoms with E-state index in [-0.39, 0.29) is 18.2 Å². The van der Waals surface area contributed by atoms with E-state index in [4.69, 9.17) is 9.47 Å². The zero-order chi connectivity index (χ0) is 14.5. The van der Waals surface area contributed by atoms with Gasteiger partial charge < -0.3 is 14.4 Å². The summed E-state index contributed by atoms with van der Waals surface area (Å²) in [5.74, 6) is 0.377. The van der Waals surface area contributed by atoms with E-state index in [2.05, 4.69) is 16.8 Å². The Balaban J connectivity index is 2.25. The zero-order valence-corrected chi connectivity index (χ0v) is 12.3. The van der Waals surface area contributed by atoms with Crippen LogP contribution >= 0.6 is 0 Å². The first-order valence-corrected chi connectivity index (χ1v) is 7.18. The molecule has 0 radical (unpaired) electrons. The summed E-state index contributed by atoms with van der Waals surface area (Å²) in [6, 6.07) is 3.53. The minimum absolute atomic E-state index is 0.130. The number of ether oxygens (including phenoxy) is 2. The summed E-state index contributed by atoms with van der Waals surface area (Å²) in [5.41, 5.74) is 0.526. The molecule has 0 aliphatic carbocycles. The zero-order valence-electron chi connectivity index (χ0n) is 12.3. The third-order valence-electron chi connectivity index (χ3n) is 3.36. The lowest BCUT2D eigenvalue weighted by atomic mass is 10.1. The topological polar surface area (TPSA) is 51.7 Å². The number of nitrogens with zero attached hydrogens (tertiary/aromatic N) is 2. The maximum absolute atomic E-state index is 12.0. The van der Waals surface area contributed by atoms with Crippen molar-refractivity contribution in [3.05, 3.63) is 23.9 Å². The number of anilines is 1. The van der Waals surface area contributed by atoms with Crippen LogP contribution in [0, 0.1) is 0 Å². The van der Waals surface area contributed by atoms with Gasteiger partial charge in [0.05, 0.1) is 18.8 Å². The van der Waals surface area contributed by atoms with Crippen LogP contribution in [0.25, 0.3) is 0 Å². The molecule has 0 saturated carbocycles. The number of aromatic nitrogens is 1. The van der Waals surface area contributed by atoms with Crippen LogP contribution in [0.3, 0.4) is 0 Å². The average molecular weight is 278 g/mol. The van der Waals surface area contributed by atoms with Crippen molar-refractivity contribution in [2.24, 2.45) is 0 Å². The Kier molecular flexibility index (Phi) is 4.95. The predicted molar refractivity (Wildman–Crippen MR) is 77.0 cm³/mol. The predicted octanol–water partition coefficient (Wildman–Crippen LogP) is 2.26. The fourth-order valence-electron chi connectivity index (χ4n) is 2.46. The number of rotatable bonds is 4. The molecule has 5 heteroatoms. The van der Waals surface area contributed by atoms with Crippen molar-refractivity contribution in [3.63, 3.8) is 0 Å². The van der Waals surface area contributed by atoms with Crippen LogP contribution in [0.5, 0.6) is 0 Å². The largest absolute Gasteiger partial charge is 0.462 e. The van der Waals surface area contributed by atoms with Crippen LogP contribution in [0.15, 0.2) is 18.3 Å². The number of hydrogen-bond donors (Lipinski definition) is 0. The monoisotopic (exact) mass is 278 g/mol. The van der Waals surface area contributed by atoms with Crippen LogP contribution < -0.4 is 4.90 Å². The second kappa shape index (κ2) is 6.70. The number of carbonyl (C=O) groups excluding carboxylic acids is 1. The van der Waals surface area contributed by atoms with Crippen molar-refractivity contribution in [1.82, 2.24) is 4.98 Å². The van der Waals surface area contributed by atoms with Gasteiger partial charge in [0.15, 0.2) is 0 Å². The average Bonchev–Trinajstić information content (AvgIpc) is 2.46. The lowest BCUT2D eigenvalue weighted by Gasteiger charge is -2.37. The van der Waals surface area contributed by atoms with Crippen molar-refractivity contribution in [3.8, 4) is 0 Å². The van der Waals surface area contributed by atoms with Gasteiger partial charge in [0.2, 0.25) is 0 Å². The van der Waals surface area contributed by atoms with Crippen LogP contribution in [0.1, 0.15) is 37.6 Å². The first-order valence-electron chi connectivity index (χ1n) is 7.18. The molecule has 110 valence electrons. The molecule has 1 aromatic rings. The molecule has 5 nitrogen and oxygen atoms in total. The minimum Gasteiger partial charge on any atom is -0.462 e. The van der Waals surface area contributed by atoms with E-state index >= 15 is 0 Å². The van der Waals surface area contributed by atoms with Crippen molar-refractivity contribution in [1.29, 1.82) is 0 Å². The SMILES string of the molecule is CCOC(=O)c1cccnc1N1CC(C)OC(CC)C1. The van der Waals surface area contributed by atoms with Gasteiger partial charge in [-0.1, -0.05) is 6.92 Å². The molecule has 1 saturated heterocycles. The molecule has 2 rings (SSSR count). The molecule has 2 atom stereocenters. The summed E-state index contributed by atoms with van der Waals surface area (Å²) in [4.78, 5) is 18.5. The van der Waals surface area contributed by atoms with E-state index in [0.717, 1.165) is 19.5 Å². The summed E-state index contributed by atoms with van der Waals surface area (Å²) in [5, 5.41) is 0. The third kappa shape index (κ3) is 3.28. The highest BCUT2D eigenvalue weighted by atomic mass is 16.5. The van der Waals surface area contributed by atoms with E-state index < -0.39 is 0 Å². The molecule has 1 aliphatic heterocycles. The van der Waals surface area contributed by atoms with Gasteiger partial charge in [-0.2, -0.15) is 0 Å². The van der Waals surface area contributed by atoms with Crippen LogP contribution in [0.2, 0.25) is 0 Å². The molecule has 2 heterocycles. The fourth-order valence-corrected chi connectivity index (χ4v) is 2.46. The Labute approximate surface area is 119 Å². The molecule has 1 fully saturated rings. The standard InChI is InChI=1S/C15H22N2O3/c1-4-12-10-17(9-11(3)20-12)14-13(7-6-8-16-14)15(18)19-5-2/h6-8,11-12H,4-5,9-10H2,1-3H3. The van der Waals surface area contributed by atoms with Gasteiger partial charge in [0.1, 0.15) is 11.4 Å². The van der Waals surface area contributed by atoms with Gasteiger partial charge in [-0.15, -0.1) is 0 Å². The van der Waals surface area contributed by atoms with Gasteiger partial charge in [0.25, 0.3) is 0 Å². The summed E-state index contributed by atoms with van der Waals surface area (Å²) in [6.07, 6.45) is 2.96. The normalized spacial score (nSPS) is 22.6. The van der Waals surface area contributed by atoms with Crippen molar-refractivity contribution in [2.45, 2.75) is 39.4 Å². The molecular weight excluding hydrogens is 256 g/mol. The Morgan fingerprint density at radius 1 is 1.50 bits per heavy atom. The number of pyridine rings is 1. The summed E-state index contributed by atoms with van der Waals surface area (Å²) >= 11 is 0. The maximum atomic E-state index is 12.0. The first kappa shape index (κ1) is 14.8. The molecule has 0 bridgehead atoms. The Morgan fingerprint density at radius 2 is 2.30 bits per heavy atom. The number of hydrogen-bond acceptors (Lipinski definition) is 5. The number of morpholine rings is 1. The molecule has 20 heavy (non-hydrogen) atoms. The molecule has 0 spiro atoms. The molecule has 0 amide bonds. The number of carbonyl (C=O) groups is 1. The van der Waals surface area contributed by atoms with Crippen molar-refractivity contribution < 1.29 is 14.3 Å². The van der Waals surface area contributed by atoms with E-state index in [0.29, 0.717) is 18.0 Å². The third-order valence-corrected chi connectivity index (χ3v) is 3.36. The molecule has 0 N–H and O–H groups in total. The molecule has 1 aliphatic rings. The second-order valence-corrected chi connectivity index (χ2v) is 4.98. The fraction of sp³-hybridized carbons (Fsp3) is 0.600. The van der Waals surface area contributed by atoms with Gasteiger partial charge in [-0.25, -0.2) is 9.78 Å². The first-order chi connectivity index (χ1) is 9.65. The Morgan fingerprint density at radius 3 is 3.00 bits per heavy atom. The van der Waals surface area contributed by atoms with E-state index in [1.54, 1.807) is 25.3 Å². The van der Waals surface area contributed by atoms with Crippen LogP contribution in [-0.4, -0.2) is 42.9 Å². The second-order valence-electron chi connectivity index (χ2n) is 4.98. The quantitative estimate of drug-likeness (QED) is 0.791. The highest BCUT2D eigenvalue weighted by Gasteiger charge is 2.27. The van der Waals surface area contributed by atoms with Crippen LogP contribution in [0.4, 0.5) is 5.82 Å². The van der Waals surface area contributed by atoms with Crippen molar-refractivity contribution in [2.75, 3.05) is 24.6 Å². The summed E-state index contributed by atoms with van der Waals surface area (Å²) in [7, 11) is 0. The lowest BCUT2D eigenvalue weighted by molar-refractivity contribution is -0.0175. The Bertz CT molecular complexity index is 464. The lowest BCUT2D eigenvalue weighted by Crippen LogP contribution is -2.47. The van der Waals surface area contributed by atoms with E-state index in [1.165, 1.54) is 0 Å².